The topological polar surface area (TPSA) is 41.6 Å². The van der Waals surface area contributed by atoms with Gasteiger partial charge in [0.15, 0.2) is 0 Å². The predicted octanol–water partition coefficient (Wildman–Crippen LogP) is 0.401. The molecular formula is C12H20N2O2. The standard InChI is InChI=1S/C12H20N2O2/c1-16-9-10-2-4-14(5-3-10)12(15)6-11-7-13-8-11/h2,11,13H,3-9H2,1H3. The zero-order valence-corrected chi connectivity index (χ0v) is 9.87. The van der Waals surface area contributed by atoms with E-state index in [2.05, 4.69) is 11.4 Å². The molecule has 90 valence electrons. The van der Waals surface area contributed by atoms with E-state index < -0.39 is 0 Å². The second kappa shape index (κ2) is 5.46. The maximum absolute atomic E-state index is 11.9. The van der Waals surface area contributed by atoms with Crippen LogP contribution in [0.3, 0.4) is 0 Å². The average Bonchev–Trinajstić information content (AvgIpc) is 2.25. The zero-order chi connectivity index (χ0) is 11.4. The summed E-state index contributed by atoms with van der Waals surface area (Å²) in [7, 11) is 1.71. The van der Waals surface area contributed by atoms with Crippen LogP contribution in [-0.2, 0) is 9.53 Å². The molecule has 0 aliphatic carbocycles. The third-order valence-electron chi connectivity index (χ3n) is 3.31. The monoisotopic (exact) mass is 224 g/mol. The van der Waals surface area contributed by atoms with Crippen molar-refractivity contribution in [3.05, 3.63) is 11.6 Å². The van der Waals surface area contributed by atoms with Gasteiger partial charge >= 0.3 is 0 Å². The van der Waals surface area contributed by atoms with Crippen molar-refractivity contribution in [1.82, 2.24) is 10.2 Å². The van der Waals surface area contributed by atoms with Crippen molar-refractivity contribution in [1.29, 1.82) is 0 Å². The van der Waals surface area contributed by atoms with Gasteiger partial charge in [0, 0.05) is 26.6 Å². The van der Waals surface area contributed by atoms with Crippen molar-refractivity contribution in [3.8, 4) is 0 Å². The number of methoxy groups -OCH3 is 1. The Hall–Kier alpha value is -0.870. The fourth-order valence-corrected chi connectivity index (χ4v) is 2.12. The van der Waals surface area contributed by atoms with Crippen molar-refractivity contribution in [2.24, 2.45) is 5.92 Å². The van der Waals surface area contributed by atoms with E-state index >= 15 is 0 Å². The molecule has 1 saturated heterocycles. The summed E-state index contributed by atoms with van der Waals surface area (Å²) in [5.74, 6) is 0.871. The van der Waals surface area contributed by atoms with Crippen LogP contribution in [0.1, 0.15) is 12.8 Å². The Labute approximate surface area is 96.6 Å². The van der Waals surface area contributed by atoms with Crippen LogP contribution in [0.4, 0.5) is 0 Å². The van der Waals surface area contributed by atoms with E-state index in [4.69, 9.17) is 4.74 Å². The summed E-state index contributed by atoms with van der Waals surface area (Å²) in [6.45, 7) is 4.33. The highest BCUT2D eigenvalue weighted by Crippen LogP contribution is 2.15. The Balaban J connectivity index is 1.76. The molecule has 2 aliphatic rings. The maximum atomic E-state index is 11.9. The van der Waals surface area contributed by atoms with Gasteiger partial charge in [-0.25, -0.2) is 0 Å². The van der Waals surface area contributed by atoms with Gasteiger partial charge in [-0.2, -0.15) is 0 Å². The van der Waals surface area contributed by atoms with Gasteiger partial charge in [-0.15, -0.1) is 0 Å². The summed E-state index contributed by atoms with van der Waals surface area (Å²) in [4.78, 5) is 13.9. The predicted molar refractivity (Wildman–Crippen MR) is 62.1 cm³/mol. The lowest BCUT2D eigenvalue weighted by molar-refractivity contribution is -0.132. The number of carbonyl (C=O) groups excluding carboxylic acids is 1. The minimum Gasteiger partial charge on any atom is -0.380 e. The first-order chi connectivity index (χ1) is 7.79. The molecule has 1 fully saturated rings. The fraction of sp³-hybridized carbons (Fsp3) is 0.750. The first-order valence-corrected chi connectivity index (χ1v) is 5.95. The molecule has 4 nitrogen and oxygen atoms in total. The van der Waals surface area contributed by atoms with Gasteiger partial charge in [0.2, 0.25) is 5.91 Å². The fourth-order valence-electron chi connectivity index (χ4n) is 2.12. The van der Waals surface area contributed by atoms with Crippen LogP contribution in [0.5, 0.6) is 0 Å². The smallest absolute Gasteiger partial charge is 0.223 e. The van der Waals surface area contributed by atoms with Gasteiger partial charge in [0.1, 0.15) is 0 Å². The maximum Gasteiger partial charge on any atom is 0.223 e. The van der Waals surface area contributed by atoms with E-state index in [1.807, 2.05) is 4.90 Å². The summed E-state index contributed by atoms with van der Waals surface area (Å²) < 4.78 is 5.09. The average molecular weight is 224 g/mol. The third kappa shape index (κ3) is 2.83. The minimum absolute atomic E-state index is 0.305. The Morgan fingerprint density at radius 3 is 2.94 bits per heavy atom. The number of nitrogens with one attached hydrogen (secondary N) is 1. The number of hydrogen-bond acceptors (Lipinski definition) is 3. The molecule has 1 amide bonds. The highest BCUT2D eigenvalue weighted by atomic mass is 16.5. The van der Waals surface area contributed by atoms with Crippen molar-refractivity contribution in [3.63, 3.8) is 0 Å². The highest BCUT2D eigenvalue weighted by molar-refractivity contribution is 5.77. The van der Waals surface area contributed by atoms with E-state index in [9.17, 15) is 4.79 Å². The molecule has 0 unspecified atom stereocenters. The summed E-state index contributed by atoms with van der Waals surface area (Å²) in [5, 5.41) is 3.19. The number of rotatable bonds is 4. The first kappa shape index (κ1) is 11.6. The van der Waals surface area contributed by atoms with Gasteiger partial charge in [-0.05, 0) is 31.0 Å². The van der Waals surface area contributed by atoms with Crippen molar-refractivity contribution < 1.29 is 9.53 Å². The van der Waals surface area contributed by atoms with Gasteiger partial charge in [-0.1, -0.05) is 6.08 Å². The lowest BCUT2D eigenvalue weighted by atomic mass is 9.98. The molecule has 0 atom stereocenters. The molecule has 0 aromatic heterocycles. The molecule has 4 heteroatoms. The Morgan fingerprint density at radius 1 is 1.62 bits per heavy atom. The number of ether oxygens (including phenoxy) is 1. The van der Waals surface area contributed by atoms with E-state index in [0.29, 0.717) is 24.9 Å². The van der Waals surface area contributed by atoms with E-state index in [1.165, 1.54) is 5.57 Å². The molecule has 0 spiro atoms. The largest absolute Gasteiger partial charge is 0.380 e. The number of amides is 1. The normalized spacial score (nSPS) is 21.6. The van der Waals surface area contributed by atoms with Crippen LogP contribution >= 0.6 is 0 Å². The van der Waals surface area contributed by atoms with Gasteiger partial charge in [0.05, 0.1) is 6.61 Å². The lowest BCUT2D eigenvalue weighted by Gasteiger charge is -2.31. The zero-order valence-electron chi connectivity index (χ0n) is 9.87. The molecule has 2 heterocycles. The summed E-state index contributed by atoms with van der Waals surface area (Å²) in [5.41, 5.74) is 1.32. The van der Waals surface area contributed by atoms with Crippen LogP contribution in [-0.4, -0.2) is 50.7 Å². The molecular weight excluding hydrogens is 204 g/mol. The Bertz CT molecular complexity index is 285. The highest BCUT2D eigenvalue weighted by Gasteiger charge is 2.24. The summed E-state index contributed by atoms with van der Waals surface area (Å²) in [6, 6.07) is 0. The SMILES string of the molecule is COCC1=CCN(C(=O)CC2CNC2)CC1. The molecule has 2 aliphatic heterocycles. The van der Waals surface area contributed by atoms with Crippen molar-refractivity contribution in [2.45, 2.75) is 12.8 Å². The molecule has 0 saturated carbocycles. The number of nitrogens with zero attached hydrogens (tertiary/aromatic N) is 1. The Morgan fingerprint density at radius 2 is 2.44 bits per heavy atom. The third-order valence-corrected chi connectivity index (χ3v) is 3.31. The first-order valence-electron chi connectivity index (χ1n) is 5.95. The molecule has 0 radical (unpaired) electrons. The molecule has 0 bridgehead atoms. The molecule has 0 aromatic rings. The van der Waals surface area contributed by atoms with Gasteiger partial charge in [0.25, 0.3) is 0 Å². The van der Waals surface area contributed by atoms with Crippen LogP contribution in [0.15, 0.2) is 11.6 Å². The van der Waals surface area contributed by atoms with Crippen LogP contribution < -0.4 is 5.32 Å². The molecule has 16 heavy (non-hydrogen) atoms. The van der Waals surface area contributed by atoms with E-state index in [0.717, 1.165) is 32.6 Å². The van der Waals surface area contributed by atoms with Crippen LogP contribution in [0, 0.1) is 5.92 Å². The lowest BCUT2D eigenvalue weighted by Crippen LogP contribution is -2.46. The van der Waals surface area contributed by atoms with Crippen molar-refractivity contribution >= 4 is 5.91 Å². The summed E-state index contributed by atoms with van der Waals surface area (Å²) >= 11 is 0. The minimum atomic E-state index is 0.305. The van der Waals surface area contributed by atoms with Gasteiger partial charge in [-0.3, -0.25) is 4.79 Å². The molecule has 0 aromatic carbocycles. The Kier molecular flexibility index (Phi) is 3.96. The molecule has 1 N–H and O–H groups in total. The van der Waals surface area contributed by atoms with Gasteiger partial charge < -0.3 is 15.0 Å². The quantitative estimate of drug-likeness (QED) is 0.703. The van der Waals surface area contributed by atoms with E-state index in [-0.39, 0.29) is 0 Å². The second-order valence-corrected chi connectivity index (χ2v) is 4.61. The van der Waals surface area contributed by atoms with E-state index in [1.54, 1.807) is 7.11 Å². The summed E-state index contributed by atoms with van der Waals surface area (Å²) in [6.07, 6.45) is 3.80. The number of hydrogen-bond donors (Lipinski definition) is 1. The van der Waals surface area contributed by atoms with Crippen LogP contribution in [0.2, 0.25) is 0 Å². The van der Waals surface area contributed by atoms with Crippen molar-refractivity contribution in [2.75, 3.05) is 39.9 Å². The number of carbonyl (C=O) groups is 1. The molecule has 2 rings (SSSR count). The second-order valence-electron chi connectivity index (χ2n) is 4.61. The van der Waals surface area contributed by atoms with Crippen LogP contribution in [0.25, 0.3) is 0 Å².